The Morgan fingerprint density at radius 1 is 0.914 bits per heavy atom. The number of carbonyl (C=O) groups is 3. The molecule has 0 heterocycles. The maximum Gasteiger partial charge on any atom is 0.407 e. The van der Waals surface area contributed by atoms with Gasteiger partial charge in [0.1, 0.15) is 5.60 Å². The molecule has 0 radical (unpaired) electrons. The summed E-state index contributed by atoms with van der Waals surface area (Å²) >= 11 is 0. The Labute approximate surface area is 209 Å². The second-order valence-corrected chi connectivity index (χ2v) is 9.96. The number of amides is 1. The number of carboxylic acid groups (broad SMARTS) is 1. The number of ether oxygens (including phenoxy) is 1. The maximum absolute atomic E-state index is 12.7. The summed E-state index contributed by atoms with van der Waals surface area (Å²) in [6, 6.07) is 15.8. The van der Waals surface area contributed by atoms with E-state index in [4.69, 9.17) is 4.74 Å². The van der Waals surface area contributed by atoms with E-state index in [1.807, 2.05) is 12.1 Å². The molecule has 0 aromatic heterocycles. The van der Waals surface area contributed by atoms with E-state index in [-0.39, 0.29) is 12.2 Å². The van der Waals surface area contributed by atoms with Gasteiger partial charge in [0.2, 0.25) is 0 Å². The molecule has 1 amide bonds. The van der Waals surface area contributed by atoms with Crippen LogP contribution in [0.1, 0.15) is 82.1 Å². The largest absolute Gasteiger partial charge is 0.481 e. The van der Waals surface area contributed by atoms with Crippen LogP contribution in [0.25, 0.3) is 11.1 Å². The van der Waals surface area contributed by atoms with Gasteiger partial charge < -0.3 is 15.2 Å². The van der Waals surface area contributed by atoms with Gasteiger partial charge in [-0.1, -0.05) is 68.3 Å². The third-order valence-electron chi connectivity index (χ3n) is 5.74. The highest BCUT2D eigenvalue weighted by atomic mass is 16.6. The van der Waals surface area contributed by atoms with Gasteiger partial charge in [-0.15, -0.1) is 0 Å². The fourth-order valence-electron chi connectivity index (χ4n) is 3.77. The zero-order chi connectivity index (χ0) is 25.8. The first-order chi connectivity index (χ1) is 16.6. The Morgan fingerprint density at radius 3 is 2.06 bits per heavy atom. The van der Waals surface area contributed by atoms with Crippen molar-refractivity contribution in [1.82, 2.24) is 5.32 Å². The van der Waals surface area contributed by atoms with Gasteiger partial charge in [0.15, 0.2) is 5.78 Å². The lowest BCUT2D eigenvalue weighted by Gasteiger charge is -2.19. The molecule has 2 aromatic carbocycles. The van der Waals surface area contributed by atoms with Crippen molar-refractivity contribution in [2.45, 2.75) is 78.2 Å². The number of unbranched alkanes of at least 4 members (excludes halogenated alkanes) is 2. The van der Waals surface area contributed by atoms with Crippen LogP contribution in [-0.4, -0.2) is 35.1 Å². The fraction of sp³-hybridized carbons (Fsp3) is 0.483. The molecular formula is C29H39NO5. The SMILES string of the molecule is CCCCc1ccc(-c2ccc(C(=O)C[C@@H](CCCCNC(=O)OC(C)(C)C)C(=O)O)cc2)cc1. The van der Waals surface area contributed by atoms with Gasteiger partial charge in [0.25, 0.3) is 0 Å². The van der Waals surface area contributed by atoms with Crippen LogP contribution in [0.4, 0.5) is 4.79 Å². The molecule has 0 aliphatic heterocycles. The van der Waals surface area contributed by atoms with E-state index in [9.17, 15) is 19.5 Å². The molecule has 0 spiro atoms. The van der Waals surface area contributed by atoms with Gasteiger partial charge in [0.05, 0.1) is 5.92 Å². The monoisotopic (exact) mass is 481 g/mol. The number of aliphatic carboxylic acids is 1. The number of hydrogen-bond acceptors (Lipinski definition) is 4. The standard InChI is InChI=1S/C29H39NO5/c1-5-6-9-21-11-13-22(14-12-21)23-15-17-24(18-16-23)26(31)20-25(27(32)33)10-7-8-19-30-28(34)35-29(2,3)4/h11-18,25H,5-10,19-20H2,1-4H3,(H,30,34)(H,32,33)/t25-/m1/s1. The Morgan fingerprint density at radius 2 is 1.51 bits per heavy atom. The Kier molecular flexibility index (Phi) is 11.0. The lowest BCUT2D eigenvalue weighted by Crippen LogP contribution is -2.33. The van der Waals surface area contributed by atoms with Crippen LogP contribution in [0, 0.1) is 5.92 Å². The summed E-state index contributed by atoms with van der Waals surface area (Å²) in [7, 11) is 0. The number of carboxylic acids is 1. The molecule has 0 saturated heterocycles. The highest BCUT2D eigenvalue weighted by Gasteiger charge is 2.22. The predicted molar refractivity (Wildman–Crippen MR) is 139 cm³/mol. The molecule has 0 fully saturated rings. The molecular weight excluding hydrogens is 442 g/mol. The number of Topliss-reactive ketones (excluding diaryl/α,β-unsaturated/α-hetero) is 1. The van der Waals surface area contributed by atoms with Crippen molar-refractivity contribution in [1.29, 1.82) is 0 Å². The minimum atomic E-state index is -0.974. The summed E-state index contributed by atoms with van der Waals surface area (Å²) in [4.78, 5) is 36.1. The summed E-state index contributed by atoms with van der Waals surface area (Å²) < 4.78 is 5.17. The van der Waals surface area contributed by atoms with Crippen LogP contribution in [0.5, 0.6) is 0 Å². The fourth-order valence-corrected chi connectivity index (χ4v) is 3.77. The lowest BCUT2D eigenvalue weighted by atomic mass is 9.92. The molecule has 1 atom stereocenters. The third kappa shape index (κ3) is 10.3. The van der Waals surface area contributed by atoms with Crippen molar-refractivity contribution in [3.63, 3.8) is 0 Å². The van der Waals surface area contributed by atoms with E-state index >= 15 is 0 Å². The molecule has 0 unspecified atom stereocenters. The molecule has 6 heteroatoms. The number of rotatable bonds is 13. The Hall–Kier alpha value is -3.15. The first-order valence-electron chi connectivity index (χ1n) is 12.5. The quantitative estimate of drug-likeness (QED) is 0.246. The van der Waals surface area contributed by atoms with Gasteiger partial charge >= 0.3 is 12.1 Å². The number of ketones is 1. The third-order valence-corrected chi connectivity index (χ3v) is 5.74. The van der Waals surface area contributed by atoms with Crippen LogP contribution in [0.3, 0.4) is 0 Å². The van der Waals surface area contributed by atoms with E-state index < -0.39 is 23.6 Å². The average Bonchev–Trinajstić information content (AvgIpc) is 2.81. The van der Waals surface area contributed by atoms with Crippen molar-refractivity contribution in [2.24, 2.45) is 5.92 Å². The van der Waals surface area contributed by atoms with Crippen LogP contribution < -0.4 is 5.32 Å². The second kappa shape index (κ2) is 13.7. The van der Waals surface area contributed by atoms with Gasteiger partial charge in [-0.25, -0.2) is 4.79 Å². The maximum atomic E-state index is 12.7. The van der Waals surface area contributed by atoms with E-state index in [1.165, 1.54) is 18.4 Å². The molecule has 2 N–H and O–H groups in total. The van der Waals surface area contributed by atoms with Gasteiger partial charge in [-0.05, 0) is 63.1 Å². The summed E-state index contributed by atoms with van der Waals surface area (Å²) in [5, 5.41) is 12.2. The number of hydrogen-bond donors (Lipinski definition) is 2. The molecule has 6 nitrogen and oxygen atoms in total. The predicted octanol–water partition coefficient (Wildman–Crippen LogP) is 6.66. The van der Waals surface area contributed by atoms with Crippen LogP contribution in [-0.2, 0) is 16.0 Å². The van der Waals surface area contributed by atoms with Gasteiger partial charge in [-0.2, -0.15) is 0 Å². The number of carbonyl (C=O) groups excluding carboxylic acids is 2. The molecule has 0 aliphatic rings. The Balaban J connectivity index is 1.84. The summed E-state index contributed by atoms with van der Waals surface area (Å²) in [5.41, 5.74) is 3.40. The molecule has 35 heavy (non-hydrogen) atoms. The molecule has 0 bridgehead atoms. The average molecular weight is 482 g/mol. The number of alkyl carbamates (subject to hydrolysis) is 1. The van der Waals surface area contributed by atoms with Crippen LogP contribution in [0.2, 0.25) is 0 Å². The highest BCUT2D eigenvalue weighted by Crippen LogP contribution is 2.23. The van der Waals surface area contributed by atoms with Crippen molar-refractivity contribution in [3.8, 4) is 11.1 Å². The minimum absolute atomic E-state index is 0.0414. The first kappa shape index (κ1) is 28.1. The summed E-state index contributed by atoms with van der Waals surface area (Å²) in [6.07, 6.45) is 4.48. The van der Waals surface area contributed by atoms with Crippen molar-refractivity contribution in [3.05, 3.63) is 59.7 Å². The van der Waals surface area contributed by atoms with Crippen molar-refractivity contribution >= 4 is 17.8 Å². The number of aryl methyl sites for hydroxylation is 1. The lowest BCUT2D eigenvalue weighted by molar-refractivity contribution is -0.141. The Bertz CT molecular complexity index is 958. The van der Waals surface area contributed by atoms with E-state index in [1.54, 1.807) is 32.9 Å². The topological polar surface area (TPSA) is 92.7 Å². The van der Waals surface area contributed by atoms with Crippen LogP contribution >= 0.6 is 0 Å². The molecule has 2 aromatic rings. The summed E-state index contributed by atoms with van der Waals surface area (Å²) in [5.74, 6) is -1.90. The van der Waals surface area contributed by atoms with Gasteiger partial charge in [0, 0.05) is 18.5 Å². The number of benzene rings is 2. The normalized spacial score (nSPS) is 12.1. The van der Waals surface area contributed by atoms with E-state index in [2.05, 4.69) is 36.5 Å². The highest BCUT2D eigenvalue weighted by molar-refractivity contribution is 5.98. The smallest absolute Gasteiger partial charge is 0.407 e. The zero-order valence-corrected chi connectivity index (χ0v) is 21.4. The van der Waals surface area contributed by atoms with Crippen molar-refractivity contribution < 1.29 is 24.2 Å². The van der Waals surface area contributed by atoms with Crippen molar-refractivity contribution in [2.75, 3.05) is 6.54 Å². The molecule has 0 saturated carbocycles. The first-order valence-corrected chi connectivity index (χ1v) is 12.5. The minimum Gasteiger partial charge on any atom is -0.481 e. The molecule has 2 rings (SSSR count). The zero-order valence-electron chi connectivity index (χ0n) is 21.4. The number of nitrogens with one attached hydrogen (secondary N) is 1. The molecule has 190 valence electrons. The van der Waals surface area contributed by atoms with E-state index in [0.717, 1.165) is 17.5 Å². The van der Waals surface area contributed by atoms with Crippen LogP contribution in [0.15, 0.2) is 48.5 Å². The molecule has 0 aliphatic carbocycles. The van der Waals surface area contributed by atoms with Gasteiger partial charge in [-0.3, -0.25) is 9.59 Å². The van der Waals surface area contributed by atoms with E-state index in [0.29, 0.717) is 31.4 Å². The second-order valence-electron chi connectivity index (χ2n) is 9.96. The summed E-state index contributed by atoms with van der Waals surface area (Å²) in [6.45, 7) is 7.96.